The SMILES string of the molecule is CCc1nc(N(C)Cc2ncc(CC)s2)c2ccsc2n1. The van der Waals surface area contributed by atoms with Gasteiger partial charge in [-0.2, -0.15) is 0 Å². The Bertz CT molecular complexity index is 747. The smallest absolute Gasteiger partial charge is 0.141 e. The minimum atomic E-state index is 0.787. The molecule has 0 aliphatic carbocycles. The van der Waals surface area contributed by atoms with E-state index in [-0.39, 0.29) is 0 Å². The van der Waals surface area contributed by atoms with E-state index in [1.54, 1.807) is 22.7 Å². The third-order valence-electron chi connectivity index (χ3n) is 3.35. The van der Waals surface area contributed by atoms with Gasteiger partial charge in [-0.05, 0) is 17.9 Å². The second-order valence-electron chi connectivity index (χ2n) is 4.89. The monoisotopic (exact) mass is 318 g/mol. The van der Waals surface area contributed by atoms with Crippen molar-refractivity contribution in [1.82, 2.24) is 15.0 Å². The summed E-state index contributed by atoms with van der Waals surface area (Å²) in [6, 6.07) is 2.10. The first kappa shape index (κ1) is 14.4. The van der Waals surface area contributed by atoms with Gasteiger partial charge in [-0.1, -0.05) is 13.8 Å². The maximum absolute atomic E-state index is 4.71. The van der Waals surface area contributed by atoms with E-state index in [1.165, 1.54) is 4.88 Å². The summed E-state index contributed by atoms with van der Waals surface area (Å²) in [5.41, 5.74) is 0. The quantitative estimate of drug-likeness (QED) is 0.715. The highest BCUT2D eigenvalue weighted by Crippen LogP contribution is 2.28. The van der Waals surface area contributed by atoms with Crippen molar-refractivity contribution in [3.05, 3.63) is 33.4 Å². The molecule has 0 saturated carbocycles. The fraction of sp³-hybridized carbons (Fsp3) is 0.400. The van der Waals surface area contributed by atoms with E-state index in [0.717, 1.165) is 46.3 Å². The maximum Gasteiger partial charge on any atom is 0.141 e. The normalized spacial score (nSPS) is 11.2. The van der Waals surface area contributed by atoms with Gasteiger partial charge >= 0.3 is 0 Å². The van der Waals surface area contributed by atoms with Crippen LogP contribution in [0.5, 0.6) is 0 Å². The second kappa shape index (κ2) is 6.07. The van der Waals surface area contributed by atoms with Crippen molar-refractivity contribution in [3.63, 3.8) is 0 Å². The molecule has 0 fully saturated rings. The van der Waals surface area contributed by atoms with Gasteiger partial charge in [0.2, 0.25) is 0 Å². The number of anilines is 1. The lowest BCUT2D eigenvalue weighted by Crippen LogP contribution is -2.18. The molecule has 0 aliphatic rings. The van der Waals surface area contributed by atoms with E-state index in [1.807, 2.05) is 6.20 Å². The van der Waals surface area contributed by atoms with Gasteiger partial charge < -0.3 is 4.90 Å². The van der Waals surface area contributed by atoms with E-state index in [4.69, 9.17) is 4.98 Å². The molecule has 0 radical (unpaired) electrons. The van der Waals surface area contributed by atoms with Crippen LogP contribution >= 0.6 is 22.7 Å². The number of thiophene rings is 1. The molecule has 3 heterocycles. The Labute approximate surface area is 132 Å². The minimum Gasteiger partial charge on any atom is -0.352 e. The van der Waals surface area contributed by atoms with E-state index < -0.39 is 0 Å². The molecule has 3 rings (SSSR count). The zero-order valence-corrected chi connectivity index (χ0v) is 14.1. The first-order valence-corrected chi connectivity index (χ1v) is 8.79. The Hall–Kier alpha value is -1.53. The highest BCUT2D eigenvalue weighted by Gasteiger charge is 2.13. The van der Waals surface area contributed by atoms with Crippen LogP contribution in [-0.4, -0.2) is 22.0 Å². The zero-order valence-electron chi connectivity index (χ0n) is 12.5. The van der Waals surface area contributed by atoms with Crippen molar-refractivity contribution < 1.29 is 0 Å². The minimum absolute atomic E-state index is 0.787. The maximum atomic E-state index is 4.71. The van der Waals surface area contributed by atoms with E-state index >= 15 is 0 Å². The summed E-state index contributed by atoms with van der Waals surface area (Å²) in [7, 11) is 2.08. The lowest BCUT2D eigenvalue weighted by atomic mass is 10.3. The van der Waals surface area contributed by atoms with Crippen LogP contribution in [0.4, 0.5) is 5.82 Å². The van der Waals surface area contributed by atoms with Crippen molar-refractivity contribution >= 4 is 38.7 Å². The zero-order chi connectivity index (χ0) is 14.8. The summed E-state index contributed by atoms with van der Waals surface area (Å²) in [5, 5.41) is 4.34. The van der Waals surface area contributed by atoms with Gasteiger partial charge in [-0.25, -0.2) is 15.0 Å². The second-order valence-corrected chi connectivity index (χ2v) is 6.98. The fourth-order valence-electron chi connectivity index (χ4n) is 2.19. The predicted octanol–water partition coefficient (Wildman–Crippen LogP) is 3.91. The van der Waals surface area contributed by atoms with Gasteiger partial charge in [-0.3, -0.25) is 0 Å². The molecule has 4 nitrogen and oxygen atoms in total. The molecule has 6 heteroatoms. The predicted molar refractivity (Wildman–Crippen MR) is 90.4 cm³/mol. The molecular weight excluding hydrogens is 300 g/mol. The summed E-state index contributed by atoms with van der Waals surface area (Å²) in [5.74, 6) is 1.91. The van der Waals surface area contributed by atoms with Crippen LogP contribution in [0.1, 0.15) is 29.6 Å². The van der Waals surface area contributed by atoms with Crippen molar-refractivity contribution in [3.8, 4) is 0 Å². The topological polar surface area (TPSA) is 41.9 Å². The number of hydrogen-bond donors (Lipinski definition) is 0. The molecule has 0 aliphatic heterocycles. The van der Waals surface area contributed by atoms with Gasteiger partial charge in [0.15, 0.2) is 0 Å². The average molecular weight is 318 g/mol. The molecular formula is C15H18N4S2. The van der Waals surface area contributed by atoms with E-state index in [2.05, 4.69) is 47.2 Å². The van der Waals surface area contributed by atoms with E-state index in [9.17, 15) is 0 Å². The largest absolute Gasteiger partial charge is 0.352 e. The molecule has 0 saturated heterocycles. The van der Waals surface area contributed by atoms with Gasteiger partial charge in [0, 0.05) is 24.5 Å². The van der Waals surface area contributed by atoms with E-state index in [0.29, 0.717) is 0 Å². The Kier molecular flexibility index (Phi) is 4.17. The van der Waals surface area contributed by atoms with Crippen molar-refractivity contribution in [2.24, 2.45) is 0 Å². The lowest BCUT2D eigenvalue weighted by molar-refractivity contribution is 0.867. The van der Waals surface area contributed by atoms with Crippen LogP contribution < -0.4 is 4.90 Å². The van der Waals surface area contributed by atoms with Crippen LogP contribution in [0.15, 0.2) is 17.6 Å². The number of aromatic nitrogens is 3. The number of aryl methyl sites for hydroxylation is 2. The van der Waals surface area contributed by atoms with Crippen molar-refractivity contribution in [2.45, 2.75) is 33.2 Å². The van der Waals surface area contributed by atoms with Gasteiger partial charge in [0.25, 0.3) is 0 Å². The van der Waals surface area contributed by atoms with Gasteiger partial charge in [0.05, 0.1) is 11.9 Å². The van der Waals surface area contributed by atoms with Crippen molar-refractivity contribution in [2.75, 3.05) is 11.9 Å². The van der Waals surface area contributed by atoms with Crippen LogP contribution in [0, 0.1) is 0 Å². The van der Waals surface area contributed by atoms with Gasteiger partial charge in [-0.15, -0.1) is 22.7 Å². The Morgan fingerprint density at radius 1 is 1.19 bits per heavy atom. The first-order chi connectivity index (χ1) is 10.2. The number of fused-ring (bicyclic) bond motifs is 1. The van der Waals surface area contributed by atoms with Crippen LogP contribution in [0.2, 0.25) is 0 Å². The number of thiazole rings is 1. The number of hydrogen-bond acceptors (Lipinski definition) is 6. The molecule has 3 aromatic rings. The highest BCUT2D eigenvalue weighted by atomic mass is 32.1. The summed E-state index contributed by atoms with van der Waals surface area (Å²) < 4.78 is 0. The standard InChI is InChI=1S/C15H18N4S2/c1-4-10-8-16-13(21-10)9-19(3)14-11-6-7-20-15(11)18-12(5-2)17-14/h6-8H,4-5,9H2,1-3H3. The molecule has 21 heavy (non-hydrogen) atoms. The Balaban J connectivity index is 1.92. The van der Waals surface area contributed by atoms with Crippen molar-refractivity contribution in [1.29, 1.82) is 0 Å². The van der Waals surface area contributed by atoms with Crippen LogP contribution in [0.25, 0.3) is 10.2 Å². The molecule has 0 unspecified atom stereocenters. The van der Waals surface area contributed by atoms with Gasteiger partial charge in [0.1, 0.15) is 21.5 Å². The summed E-state index contributed by atoms with van der Waals surface area (Å²) in [6.07, 6.45) is 3.88. The Morgan fingerprint density at radius 3 is 2.76 bits per heavy atom. The molecule has 0 atom stereocenters. The van der Waals surface area contributed by atoms with Crippen LogP contribution in [0.3, 0.4) is 0 Å². The average Bonchev–Trinajstić information content (AvgIpc) is 3.14. The summed E-state index contributed by atoms with van der Waals surface area (Å²) >= 11 is 3.45. The fourth-order valence-corrected chi connectivity index (χ4v) is 3.89. The summed E-state index contributed by atoms with van der Waals surface area (Å²) in [6.45, 7) is 5.04. The molecule has 0 amide bonds. The molecule has 0 N–H and O–H groups in total. The highest BCUT2D eigenvalue weighted by molar-refractivity contribution is 7.16. The molecule has 3 aromatic heterocycles. The molecule has 110 valence electrons. The Morgan fingerprint density at radius 2 is 2.05 bits per heavy atom. The molecule has 0 aromatic carbocycles. The number of rotatable bonds is 5. The third kappa shape index (κ3) is 2.91. The molecule has 0 bridgehead atoms. The third-order valence-corrected chi connectivity index (χ3v) is 5.28. The first-order valence-electron chi connectivity index (χ1n) is 7.10. The lowest BCUT2D eigenvalue weighted by Gasteiger charge is -2.18. The van der Waals surface area contributed by atoms with Crippen LogP contribution in [-0.2, 0) is 19.4 Å². The summed E-state index contributed by atoms with van der Waals surface area (Å²) in [4.78, 5) is 18.4. The molecule has 0 spiro atoms. The number of nitrogens with zero attached hydrogens (tertiary/aromatic N) is 4.